The molecule has 0 radical (unpaired) electrons. The fourth-order valence-electron chi connectivity index (χ4n) is 1.66. The van der Waals surface area contributed by atoms with Crippen LogP contribution in [-0.2, 0) is 18.0 Å². The van der Waals surface area contributed by atoms with E-state index in [9.17, 15) is 18.0 Å². The minimum Gasteiger partial charge on any atom is -0.306 e. The monoisotopic (exact) mass is 329 g/mol. The summed E-state index contributed by atoms with van der Waals surface area (Å²) >= 11 is 5.83. The Hall–Kier alpha value is -2.28. The first-order valence-corrected chi connectivity index (χ1v) is 6.49. The number of carbonyl (C=O) groups is 1. The Morgan fingerprint density at radius 1 is 1.36 bits per heavy atom. The molecule has 0 aliphatic rings. The predicted molar refractivity (Wildman–Crippen MR) is 77.3 cm³/mol. The van der Waals surface area contributed by atoms with Crippen molar-refractivity contribution in [2.45, 2.75) is 6.18 Å². The van der Waals surface area contributed by atoms with Crippen LogP contribution in [0.5, 0.6) is 0 Å². The number of aromatic nitrogens is 2. The Morgan fingerprint density at radius 2 is 2.09 bits per heavy atom. The number of alkyl halides is 3. The van der Waals surface area contributed by atoms with Crippen molar-refractivity contribution in [3.8, 4) is 0 Å². The summed E-state index contributed by atoms with van der Waals surface area (Å²) in [5.74, 6) is -0.181. The molecule has 0 saturated heterocycles. The minimum absolute atomic E-state index is 0.104. The first-order valence-electron chi connectivity index (χ1n) is 6.11. The average Bonchev–Trinajstić information content (AvgIpc) is 2.81. The summed E-state index contributed by atoms with van der Waals surface area (Å²) in [6, 6.07) is 4.49. The molecule has 2 aromatic rings. The van der Waals surface area contributed by atoms with Crippen LogP contribution in [0, 0.1) is 0 Å². The third kappa shape index (κ3) is 4.11. The van der Waals surface area contributed by atoms with Gasteiger partial charge in [0.2, 0.25) is 5.91 Å². The molecule has 0 atom stereocenters. The molecule has 0 fully saturated rings. The summed E-state index contributed by atoms with van der Waals surface area (Å²) in [5.41, 5.74) is -0.727. The second kappa shape index (κ2) is 6.23. The first kappa shape index (κ1) is 16.1. The van der Waals surface area contributed by atoms with Crippen molar-refractivity contribution in [3.05, 3.63) is 52.7 Å². The molecule has 2 rings (SSSR count). The largest absolute Gasteiger partial charge is 0.416 e. The van der Waals surface area contributed by atoms with Gasteiger partial charge in [0.05, 0.1) is 5.56 Å². The van der Waals surface area contributed by atoms with Gasteiger partial charge in [-0.25, -0.2) is 0 Å². The van der Waals surface area contributed by atoms with Gasteiger partial charge in [0, 0.05) is 30.4 Å². The summed E-state index contributed by atoms with van der Waals surface area (Å²) in [4.78, 5) is 11.7. The van der Waals surface area contributed by atoms with E-state index in [1.807, 2.05) is 0 Å². The second-order valence-corrected chi connectivity index (χ2v) is 4.84. The number of rotatable bonds is 3. The normalized spacial score (nSPS) is 11.9. The number of hydrogen-bond acceptors (Lipinski definition) is 2. The SMILES string of the molecule is Cn1ccc(NC(=O)/C=C/c2cc(C(F)(F)F)ccc2Cl)n1. The molecule has 0 aliphatic heterocycles. The number of halogens is 4. The highest BCUT2D eigenvalue weighted by molar-refractivity contribution is 6.32. The minimum atomic E-state index is -4.47. The molecule has 1 N–H and O–H groups in total. The van der Waals surface area contributed by atoms with Gasteiger partial charge in [-0.1, -0.05) is 11.6 Å². The fraction of sp³-hybridized carbons (Fsp3) is 0.143. The van der Waals surface area contributed by atoms with Crippen LogP contribution in [0.4, 0.5) is 19.0 Å². The highest BCUT2D eigenvalue weighted by Gasteiger charge is 2.30. The Labute approximate surface area is 129 Å². The third-order valence-electron chi connectivity index (χ3n) is 2.70. The van der Waals surface area contributed by atoms with E-state index >= 15 is 0 Å². The summed E-state index contributed by atoms with van der Waals surface area (Å²) in [5, 5.41) is 6.54. The number of carbonyl (C=O) groups excluding carboxylic acids is 1. The Bertz CT molecular complexity index is 722. The number of nitrogens with zero attached hydrogens (tertiary/aromatic N) is 2. The molecule has 1 aromatic heterocycles. The van der Waals surface area contributed by atoms with Crippen LogP contribution in [0.1, 0.15) is 11.1 Å². The number of aryl methyl sites for hydroxylation is 1. The zero-order valence-electron chi connectivity index (χ0n) is 11.4. The van der Waals surface area contributed by atoms with Crippen LogP contribution in [0.15, 0.2) is 36.5 Å². The lowest BCUT2D eigenvalue weighted by molar-refractivity contribution is -0.137. The fourth-order valence-corrected chi connectivity index (χ4v) is 1.84. The van der Waals surface area contributed by atoms with Crippen LogP contribution < -0.4 is 5.32 Å². The van der Waals surface area contributed by atoms with Crippen molar-refractivity contribution < 1.29 is 18.0 Å². The molecule has 1 amide bonds. The summed E-state index contributed by atoms with van der Waals surface area (Å²) < 4.78 is 39.4. The molecular formula is C14H11ClF3N3O. The lowest BCUT2D eigenvalue weighted by Gasteiger charge is -2.08. The maximum absolute atomic E-state index is 12.6. The topological polar surface area (TPSA) is 46.9 Å². The molecular weight excluding hydrogens is 319 g/mol. The zero-order chi connectivity index (χ0) is 16.3. The second-order valence-electron chi connectivity index (χ2n) is 4.43. The van der Waals surface area contributed by atoms with Gasteiger partial charge < -0.3 is 5.32 Å². The number of anilines is 1. The maximum Gasteiger partial charge on any atom is 0.416 e. The average molecular weight is 330 g/mol. The molecule has 0 aliphatic carbocycles. The molecule has 0 saturated carbocycles. The summed E-state index contributed by atoms with van der Waals surface area (Å²) in [6.07, 6.45) is -0.516. The summed E-state index contributed by atoms with van der Waals surface area (Å²) in [6.45, 7) is 0. The number of hydrogen-bond donors (Lipinski definition) is 1. The lowest BCUT2D eigenvalue weighted by atomic mass is 10.1. The zero-order valence-corrected chi connectivity index (χ0v) is 12.1. The van der Waals surface area contributed by atoms with E-state index < -0.39 is 17.6 Å². The van der Waals surface area contributed by atoms with Gasteiger partial charge in [-0.3, -0.25) is 9.48 Å². The van der Waals surface area contributed by atoms with Crippen LogP contribution in [0.25, 0.3) is 6.08 Å². The molecule has 4 nitrogen and oxygen atoms in total. The van der Waals surface area contributed by atoms with Gasteiger partial charge >= 0.3 is 6.18 Å². The van der Waals surface area contributed by atoms with Gasteiger partial charge in [-0.05, 0) is 29.8 Å². The first-order chi connectivity index (χ1) is 10.3. The maximum atomic E-state index is 12.6. The van der Waals surface area contributed by atoms with Crippen molar-refractivity contribution in [2.75, 3.05) is 5.32 Å². The Kier molecular flexibility index (Phi) is 4.56. The highest BCUT2D eigenvalue weighted by atomic mass is 35.5. The van der Waals surface area contributed by atoms with Crippen molar-refractivity contribution in [1.82, 2.24) is 9.78 Å². The smallest absolute Gasteiger partial charge is 0.306 e. The highest BCUT2D eigenvalue weighted by Crippen LogP contribution is 2.32. The van der Waals surface area contributed by atoms with Gasteiger partial charge in [0.1, 0.15) is 0 Å². The summed E-state index contributed by atoms with van der Waals surface area (Å²) in [7, 11) is 1.69. The van der Waals surface area contributed by atoms with Gasteiger partial charge in [0.15, 0.2) is 5.82 Å². The Balaban J connectivity index is 2.13. The van der Waals surface area contributed by atoms with E-state index in [2.05, 4.69) is 10.4 Å². The van der Waals surface area contributed by atoms with Gasteiger partial charge in [0.25, 0.3) is 0 Å². The number of amides is 1. The van der Waals surface area contributed by atoms with Crippen molar-refractivity contribution in [1.29, 1.82) is 0 Å². The third-order valence-corrected chi connectivity index (χ3v) is 3.05. The molecule has 0 bridgehead atoms. The van der Waals surface area contributed by atoms with Crippen molar-refractivity contribution in [2.24, 2.45) is 7.05 Å². The van der Waals surface area contributed by atoms with Crippen LogP contribution >= 0.6 is 11.6 Å². The van der Waals surface area contributed by atoms with Crippen LogP contribution in [-0.4, -0.2) is 15.7 Å². The van der Waals surface area contributed by atoms with Crippen molar-refractivity contribution in [3.63, 3.8) is 0 Å². The van der Waals surface area contributed by atoms with Crippen LogP contribution in [0.3, 0.4) is 0 Å². The van der Waals surface area contributed by atoms with Gasteiger partial charge in [-0.2, -0.15) is 18.3 Å². The Morgan fingerprint density at radius 3 is 2.68 bits per heavy atom. The van der Waals surface area contributed by atoms with Crippen molar-refractivity contribution >= 4 is 29.4 Å². The lowest BCUT2D eigenvalue weighted by Crippen LogP contribution is -2.08. The molecule has 8 heteroatoms. The molecule has 1 heterocycles. The van der Waals surface area contributed by atoms with E-state index in [-0.39, 0.29) is 10.6 Å². The van der Waals surface area contributed by atoms with E-state index in [1.54, 1.807) is 19.3 Å². The van der Waals surface area contributed by atoms with E-state index in [4.69, 9.17) is 11.6 Å². The molecule has 0 spiro atoms. The standard InChI is InChI=1S/C14H11ClF3N3O/c1-21-7-6-12(20-21)19-13(22)5-2-9-8-10(14(16,17)18)3-4-11(9)15/h2-8H,1H3,(H,19,20,22)/b5-2+. The van der Waals surface area contributed by atoms with E-state index in [1.165, 1.54) is 10.8 Å². The number of benzene rings is 1. The molecule has 22 heavy (non-hydrogen) atoms. The van der Waals surface area contributed by atoms with E-state index in [0.717, 1.165) is 24.3 Å². The predicted octanol–water partition coefficient (Wildman–Crippen LogP) is 3.74. The van der Waals surface area contributed by atoms with Gasteiger partial charge in [-0.15, -0.1) is 0 Å². The number of nitrogens with one attached hydrogen (secondary N) is 1. The quantitative estimate of drug-likeness (QED) is 0.872. The molecule has 0 unspecified atom stereocenters. The van der Waals surface area contributed by atoms with Crippen LogP contribution in [0.2, 0.25) is 5.02 Å². The molecule has 1 aromatic carbocycles. The molecule has 116 valence electrons. The van der Waals surface area contributed by atoms with E-state index in [0.29, 0.717) is 5.82 Å².